The maximum atomic E-state index is 13.3. The Kier molecular flexibility index (Phi) is 3.73. The summed E-state index contributed by atoms with van der Waals surface area (Å²) in [5.74, 6) is 0.469. The lowest BCUT2D eigenvalue weighted by Gasteiger charge is -2.07. The van der Waals surface area contributed by atoms with E-state index in [1.807, 2.05) is 24.3 Å². The van der Waals surface area contributed by atoms with Crippen LogP contribution in [-0.4, -0.2) is 0 Å². The summed E-state index contributed by atoms with van der Waals surface area (Å²) in [6, 6.07) is 14.1. The Hall–Kier alpha value is -1.87. The molecule has 0 fully saturated rings. The van der Waals surface area contributed by atoms with Crippen LogP contribution < -0.4 is 10.5 Å². The molecule has 88 valence electrons. The molecule has 2 rings (SSSR count). The zero-order chi connectivity index (χ0) is 12.1. The average Bonchev–Trinajstić information content (AvgIpc) is 2.38. The minimum absolute atomic E-state index is 0.231. The van der Waals surface area contributed by atoms with Gasteiger partial charge in [-0.05, 0) is 23.8 Å². The van der Waals surface area contributed by atoms with Crippen molar-refractivity contribution in [3.8, 4) is 5.75 Å². The van der Waals surface area contributed by atoms with Gasteiger partial charge >= 0.3 is 0 Å². The fourth-order valence-electron chi connectivity index (χ4n) is 1.50. The Morgan fingerprint density at radius 1 is 1.00 bits per heavy atom. The summed E-state index contributed by atoms with van der Waals surface area (Å²) in [5.41, 5.74) is 7.09. The third-order valence-electron chi connectivity index (χ3n) is 2.51. The largest absolute Gasteiger partial charge is 0.489 e. The summed E-state index contributed by atoms with van der Waals surface area (Å²) in [4.78, 5) is 0. The first-order valence-electron chi connectivity index (χ1n) is 5.45. The first-order valence-corrected chi connectivity index (χ1v) is 5.45. The van der Waals surface area contributed by atoms with Crippen LogP contribution in [0.3, 0.4) is 0 Å². The maximum Gasteiger partial charge on any atom is 0.129 e. The number of ether oxygens (including phenoxy) is 1. The summed E-state index contributed by atoms with van der Waals surface area (Å²) >= 11 is 0. The van der Waals surface area contributed by atoms with Crippen LogP contribution in [0.25, 0.3) is 0 Å². The molecule has 0 bridgehead atoms. The van der Waals surface area contributed by atoms with Crippen molar-refractivity contribution < 1.29 is 9.13 Å². The molecule has 0 radical (unpaired) electrons. The molecule has 0 spiro atoms. The van der Waals surface area contributed by atoms with Crippen LogP contribution in [0.2, 0.25) is 0 Å². The van der Waals surface area contributed by atoms with Gasteiger partial charge in [0.2, 0.25) is 0 Å². The van der Waals surface area contributed by atoms with Gasteiger partial charge in [0.25, 0.3) is 0 Å². The highest BCUT2D eigenvalue weighted by Crippen LogP contribution is 2.15. The fourth-order valence-corrected chi connectivity index (χ4v) is 1.50. The van der Waals surface area contributed by atoms with Crippen LogP contribution in [0, 0.1) is 5.82 Å². The predicted octanol–water partition coefficient (Wildman–Crippen LogP) is 2.86. The van der Waals surface area contributed by atoms with E-state index in [-0.39, 0.29) is 12.4 Å². The molecule has 0 aromatic heterocycles. The molecule has 2 N–H and O–H groups in total. The van der Waals surface area contributed by atoms with Gasteiger partial charge in [-0.3, -0.25) is 0 Å². The normalized spacial score (nSPS) is 10.2. The first-order chi connectivity index (χ1) is 8.29. The van der Waals surface area contributed by atoms with Gasteiger partial charge in [-0.25, -0.2) is 4.39 Å². The summed E-state index contributed by atoms with van der Waals surface area (Å²) < 4.78 is 18.8. The third kappa shape index (κ3) is 3.04. The number of nitrogens with two attached hydrogens (primary N) is 1. The Morgan fingerprint density at radius 2 is 1.71 bits per heavy atom. The quantitative estimate of drug-likeness (QED) is 0.878. The molecule has 0 aliphatic carbocycles. The number of halogens is 1. The second kappa shape index (κ2) is 5.46. The molecule has 2 aromatic rings. The van der Waals surface area contributed by atoms with E-state index < -0.39 is 0 Å². The van der Waals surface area contributed by atoms with E-state index in [9.17, 15) is 4.39 Å². The maximum absolute atomic E-state index is 13.3. The van der Waals surface area contributed by atoms with Crippen LogP contribution in [0.4, 0.5) is 4.39 Å². The van der Waals surface area contributed by atoms with Gasteiger partial charge < -0.3 is 10.5 Å². The highest BCUT2D eigenvalue weighted by molar-refractivity contribution is 5.27. The van der Waals surface area contributed by atoms with Gasteiger partial charge in [-0.15, -0.1) is 0 Å². The molecule has 0 aliphatic heterocycles. The van der Waals surface area contributed by atoms with E-state index in [1.54, 1.807) is 18.2 Å². The molecule has 0 saturated carbocycles. The molecule has 0 heterocycles. The molecule has 0 aliphatic rings. The van der Waals surface area contributed by atoms with E-state index >= 15 is 0 Å². The molecule has 0 amide bonds. The van der Waals surface area contributed by atoms with E-state index in [0.29, 0.717) is 17.9 Å². The first kappa shape index (κ1) is 11.6. The monoisotopic (exact) mass is 231 g/mol. The molecular formula is C14H14FNO. The van der Waals surface area contributed by atoms with Crippen LogP contribution in [0.15, 0.2) is 48.5 Å². The summed E-state index contributed by atoms with van der Waals surface area (Å²) in [5, 5.41) is 0. The van der Waals surface area contributed by atoms with Gasteiger partial charge in [0.15, 0.2) is 0 Å². The van der Waals surface area contributed by atoms with Crippen molar-refractivity contribution >= 4 is 0 Å². The Morgan fingerprint density at radius 3 is 2.35 bits per heavy atom. The van der Waals surface area contributed by atoms with Crippen molar-refractivity contribution in [2.24, 2.45) is 5.73 Å². The van der Waals surface area contributed by atoms with Gasteiger partial charge in [0.05, 0.1) is 0 Å². The summed E-state index contributed by atoms with van der Waals surface area (Å²) in [6.07, 6.45) is 0. The minimum atomic E-state index is -0.244. The standard InChI is InChI=1S/C14H14FNO/c15-14-4-2-1-3-12(14)10-17-13-7-5-11(9-16)6-8-13/h1-8H,9-10,16H2. The van der Waals surface area contributed by atoms with Gasteiger partial charge in [0, 0.05) is 12.1 Å². The third-order valence-corrected chi connectivity index (χ3v) is 2.51. The van der Waals surface area contributed by atoms with Crippen LogP contribution in [-0.2, 0) is 13.2 Å². The molecule has 2 aromatic carbocycles. The molecule has 0 saturated heterocycles. The van der Waals surface area contributed by atoms with Crippen LogP contribution in [0.1, 0.15) is 11.1 Å². The number of hydrogen-bond acceptors (Lipinski definition) is 2. The number of hydrogen-bond donors (Lipinski definition) is 1. The van der Waals surface area contributed by atoms with Crippen molar-refractivity contribution in [1.29, 1.82) is 0 Å². The summed E-state index contributed by atoms with van der Waals surface area (Å²) in [7, 11) is 0. The second-order valence-electron chi connectivity index (χ2n) is 3.73. The lowest BCUT2D eigenvalue weighted by molar-refractivity contribution is 0.300. The van der Waals surface area contributed by atoms with Gasteiger partial charge in [-0.1, -0.05) is 30.3 Å². The SMILES string of the molecule is NCc1ccc(OCc2ccccc2F)cc1. The number of benzene rings is 2. The van der Waals surface area contributed by atoms with Gasteiger partial charge in [-0.2, -0.15) is 0 Å². The molecule has 17 heavy (non-hydrogen) atoms. The van der Waals surface area contributed by atoms with Crippen LogP contribution >= 0.6 is 0 Å². The zero-order valence-electron chi connectivity index (χ0n) is 9.40. The lowest BCUT2D eigenvalue weighted by atomic mass is 10.2. The smallest absolute Gasteiger partial charge is 0.129 e. The zero-order valence-corrected chi connectivity index (χ0v) is 9.40. The van der Waals surface area contributed by atoms with Crippen LogP contribution in [0.5, 0.6) is 5.75 Å². The van der Waals surface area contributed by atoms with Crippen molar-refractivity contribution in [1.82, 2.24) is 0 Å². The average molecular weight is 231 g/mol. The predicted molar refractivity (Wildman–Crippen MR) is 65.1 cm³/mol. The Balaban J connectivity index is 2.00. The molecular weight excluding hydrogens is 217 g/mol. The Labute approximate surface area is 99.8 Å². The summed E-state index contributed by atoms with van der Waals surface area (Å²) in [6.45, 7) is 0.738. The second-order valence-corrected chi connectivity index (χ2v) is 3.73. The van der Waals surface area contributed by atoms with Crippen molar-refractivity contribution in [3.63, 3.8) is 0 Å². The van der Waals surface area contributed by atoms with Crippen molar-refractivity contribution in [3.05, 3.63) is 65.5 Å². The topological polar surface area (TPSA) is 35.2 Å². The van der Waals surface area contributed by atoms with E-state index in [2.05, 4.69) is 0 Å². The number of rotatable bonds is 4. The van der Waals surface area contributed by atoms with Crippen molar-refractivity contribution in [2.45, 2.75) is 13.2 Å². The minimum Gasteiger partial charge on any atom is -0.489 e. The van der Waals surface area contributed by atoms with E-state index in [1.165, 1.54) is 6.07 Å². The lowest BCUT2D eigenvalue weighted by Crippen LogP contribution is -1.99. The van der Waals surface area contributed by atoms with Crippen molar-refractivity contribution in [2.75, 3.05) is 0 Å². The highest BCUT2D eigenvalue weighted by Gasteiger charge is 2.01. The fraction of sp³-hybridized carbons (Fsp3) is 0.143. The molecule has 0 unspecified atom stereocenters. The molecule has 0 atom stereocenters. The van der Waals surface area contributed by atoms with E-state index in [0.717, 1.165) is 5.56 Å². The van der Waals surface area contributed by atoms with Gasteiger partial charge in [0.1, 0.15) is 18.2 Å². The van der Waals surface area contributed by atoms with E-state index in [4.69, 9.17) is 10.5 Å². The highest BCUT2D eigenvalue weighted by atomic mass is 19.1. The molecule has 2 nitrogen and oxygen atoms in total. The Bertz CT molecular complexity index is 482. The molecule has 3 heteroatoms.